The smallest absolute Gasteiger partial charge is 0.238 e. The molecular formula is C14H15NO2. The van der Waals surface area contributed by atoms with Gasteiger partial charge in [-0.15, -0.1) is 0 Å². The minimum absolute atomic E-state index is 0.108. The van der Waals surface area contributed by atoms with Crippen molar-refractivity contribution in [2.24, 2.45) is 5.92 Å². The van der Waals surface area contributed by atoms with E-state index in [9.17, 15) is 9.59 Å². The summed E-state index contributed by atoms with van der Waals surface area (Å²) in [7, 11) is 0. The normalized spacial score (nSPS) is 30.4. The predicted octanol–water partition coefficient (Wildman–Crippen LogP) is 1.72. The lowest BCUT2D eigenvalue weighted by molar-refractivity contribution is -0.127. The first kappa shape index (κ1) is 10.5. The van der Waals surface area contributed by atoms with E-state index in [4.69, 9.17) is 0 Å². The van der Waals surface area contributed by atoms with Gasteiger partial charge < -0.3 is 0 Å². The van der Waals surface area contributed by atoms with Crippen molar-refractivity contribution in [1.82, 2.24) is 5.32 Å². The van der Waals surface area contributed by atoms with Gasteiger partial charge in [0.1, 0.15) is 0 Å². The zero-order valence-electron chi connectivity index (χ0n) is 9.99. The Kier molecular flexibility index (Phi) is 1.97. The van der Waals surface area contributed by atoms with Crippen LogP contribution in [0, 0.1) is 5.92 Å². The predicted molar refractivity (Wildman–Crippen MR) is 63.5 cm³/mol. The first-order valence-electron chi connectivity index (χ1n) is 6.01. The summed E-state index contributed by atoms with van der Waals surface area (Å²) < 4.78 is 0. The molecule has 0 spiro atoms. The van der Waals surface area contributed by atoms with Gasteiger partial charge in [-0.05, 0) is 23.5 Å². The Hall–Kier alpha value is -1.64. The molecule has 2 aliphatic rings. The Morgan fingerprint density at radius 2 is 1.88 bits per heavy atom. The molecule has 2 atom stereocenters. The summed E-state index contributed by atoms with van der Waals surface area (Å²) in [5.74, 6) is 0.128. The number of benzene rings is 1. The maximum atomic E-state index is 11.8. The number of piperidine rings is 1. The number of nitrogens with one attached hydrogen (secondary N) is 1. The van der Waals surface area contributed by atoms with Gasteiger partial charge in [0, 0.05) is 0 Å². The van der Waals surface area contributed by atoms with Gasteiger partial charge in [0.2, 0.25) is 11.8 Å². The van der Waals surface area contributed by atoms with Crippen molar-refractivity contribution in [1.29, 1.82) is 0 Å². The second-order valence-corrected chi connectivity index (χ2v) is 5.32. The van der Waals surface area contributed by atoms with Crippen molar-refractivity contribution < 1.29 is 9.59 Å². The minimum Gasteiger partial charge on any atom is -0.295 e. The molecule has 1 saturated carbocycles. The van der Waals surface area contributed by atoms with Crippen LogP contribution < -0.4 is 5.32 Å². The summed E-state index contributed by atoms with van der Waals surface area (Å²) in [5, 5.41) is 2.42. The summed E-state index contributed by atoms with van der Waals surface area (Å²) in [4.78, 5) is 23.3. The highest BCUT2D eigenvalue weighted by molar-refractivity contribution is 6.15. The molecule has 1 aromatic rings. The Labute approximate surface area is 100 Å². The average molecular weight is 229 g/mol. The molecule has 3 nitrogen and oxygen atoms in total. The molecule has 2 fully saturated rings. The SMILES string of the molecule is CC(C)c1ccc([C@]23C[C@H]2C(=O)NC3=O)cc1. The lowest BCUT2D eigenvalue weighted by Crippen LogP contribution is -2.30. The lowest BCUT2D eigenvalue weighted by atomic mass is 9.92. The minimum atomic E-state index is -0.535. The van der Waals surface area contributed by atoms with Crippen molar-refractivity contribution in [3.63, 3.8) is 0 Å². The highest BCUT2D eigenvalue weighted by Crippen LogP contribution is 2.57. The van der Waals surface area contributed by atoms with E-state index in [-0.39, 0.29) is 17.7 Å². The van der Waals surface area contributed by atoms with Gasteiger partial charge in [0.05, 0.1) is 11.3 Å². The quantitative estimate of drug-likeness (QED) is 0.785. The number of carbonyl (C=O) groups excluding carboxylic acids is 2. The van der Waals surface area contributed by atoms with Crippen LogP contribution in [0.2, 0.25) is 0 Å². The lowest BCUT2D eigenvalue weighted by Gasteiger charge is -2.12. The number of hydrogen-bond acceptors (Lipinski definition) is 2. The van der Waals surface area contributed by atoms with Gasteiger partial charge in [-0.2, -0.15) is 0 Å². The molecule has 1 N–H and O–H groups in total. The molecule has 0 aromatic heterocycles. The third-order valence-electron chi connectivity index (χ3n) is 4.01. The molecular weight excluding hydrogens is 214 g/mol. The van der Waals surface area contributed by atoms with Crippen LogP contribution in [-0.2, 0) is 15.0 Å². The Morgan fingerprint density at radius 1 is 1.24 bits per heavy atom. The highest BCUT2D eigenvalue weighted by atomic mass is 16.2. The Bertz CT molecular complexity index is 503. The van der Waals surface area contributed by atoms with Crippen LogP contribution in [0.1, 0.15) is 37.3 Å². The molecule has 0 radical (unpaired) electrons. The summed E-state index contributed by atoms with van der Waals surface area (Å²) in [6.45, 7) is 4.28. The number of imide groups is 1. The average Bonchev–Trinajstić information content (AvgIpc) is 3.00. The Morgan fingerprint density at radius 3 is 2.29 bits per heavy atom. The molecule has 0 unspecified atom stereocenters. The van der Waals surface area contributed by atoms with Crippen molar-refractivity contribution in [2.45, 2.75) is 31.6 Å². The van der Waals surface area contributed by atoms with Crippen LogP contribution in [-0.4, -0.2) is 11.8 Å². The van der Waals surface area contributed by atoms with Gasteiger partial charge in [-0.25, -0.2) is 0 Å². The Balaban J connectivity index is 1.96. The molecule has 88 valence electrons. The molecule has 1 aliphatic heterocycles. The third-order valence-corrected chi connectivity index (χ3v) is 4.01. The van der Waals surface area contributed by atoms with E-state index in [1.54, 1.807) is 0 Å². The van der Waals surface area contributed by atoms with Crippen LogP contribution in [0.4, 0.5) is 0 Å². The monoisotopic (exact) mass is 229 g/mol. The standard InChI is InChI=1S/C14H15NO2/c1-8(2)9-3-5-10(6-4-9)14-7-11(14)12(16)15-13(14)17/h3-6,8,11H,7H2,1-2H3,(H,15,16,17)/t11-,14+/m0/s1. The van der Waals surface area contributed by atoms with Gasteiger partial charge >= 0.3 is 0 Å². The summed E-state index contributed by atoms with van der Waals surface area (Å²) >= 11 is 0. The second kappa shape index (κ2) is 3.19. The number of rotatable bonds is 2. The van der Waals surface area contributed by atoms with Crippen LogP contribution in [0.5, 0.6) is 0 Å². The summed E-state index contributed by atoms with van der Waals surface area (Å²) in [5.41, 5.74) is 1.70. The zero-order valence-corrected chi connectivity index (χ0v) is 9.99. The third kappa shape index (κ3) is 1.28. The van der Waals surface area contributed by atoms with Crippen molar-refractivity contribution in [3.8, 4) is 0 Å². The van der Waals surface area contributed by atoms with Crippen LogP contribution in [0.3, 0.4) is 0 Å². The van der Waals surface area contributed by atoms with E-state index >= 15 is 0 Å². The maximum absolute atomic E-state index is 11.8. The molecule has 1 heterocycles. The second-order valence-electron chi connectivity index (χ2n) is 5.32. The van der Waals surface area contributed by atoms with Gasteiger partial charge in [0.15, 0.2) is 0 Å². The van der Waals surface area contributed by atoms with Crippen molar-refractivity contribution in [3.05, 3.63) is 35.4 Å². The molecule has 2 amide bonds. The van der Waals surface area contributed by atoms with Crippen LogP contribution in [0.15, 0.2) is 24.3 Å². The number of hydrogen-bond donors (Lipinski definition) is 1. The first-order chi connectivity index (χ1) is 8.05. The fourth-order valence-electron chi connectivity index (χ4n) is 2.76. The maximum Gasteiger partial charge on any atom is 0.238 e. The highest BCUT2D eigenvalue weighted by Gasteiger charge is 2.69. The topological polar surface area (TPSA) is 46.2 Å². The van der Waals surface area contributed by atoms with Gasteiger partial charge in [-0.1, -0.05) is 38.1 Å². The van der Waals surface area contributed by atoms with Crippen LogP contribution in [0.25, 0.3) is 0 Å². The fourth-order valence-corrected chi connectivity index (χ4v) is 2.76. The number of amides is 2. The summed E-state index contributed by atoms with van der Waals surface area (Å²) in [6, 6.07) is 8.10. The molecule has 3 heteroatoms. The largest absolute Gasteiger partial charge is 0.295 e. The van der Waals surface area contributed by atoms with E-state index in [1.807, 2.05) is 12.1 Å². The van der Waals surface area contributed by atoms with E-state index in [0.29, 0.717) is 12.3 Å². The van der Waals surface area contributed by atoms with Crippen LogP contribution >= 0.6 is 0 Å². The molecule has 17 heavy (non-hydrogen) atoms. The zero-order chi connectivity index (χ0) is 12.2. The van der Waals surface area contributed by atoms with Crippen molar-refractivity contribution in [2.75, 3.05) is 0 Å². The van der Waals surface area contributed by atoms with E-state index in [0.717, 1.165) is 5.56 Å². The van der Waals surface area contributed by atoms with E-state index in [2.05, 4.69) is 31.3 Å². The molecule has 0 bridgehead atoms. The van der Waals surface area contributed by atoms with Crippen molar-refractivity contribution >= 4 is 11.8 Å². The van der Waals surface area contributed by atoms with Gasteiger partial charge in [0.25, 0.3) is 0 Å². The summed E-state index contributed by atoms with van der Waals surface area (Å²) in [6.07, 6.45) is 0.679. The van der Waals surface area contributed by atoms with E-state index in [1.165, 1.54) is 5.56 Å². The fraction of sp³-hybridized carbons (Fsp3) is 0.429. The number of fused-ring (bicyclic) bond motifs is 1. The van der Waals surface area contributed by atoms with E-state index < -0.39 is 5.41 Å². The molecule has 1 aromatic carbocycles. The first-order valence-corrected chi connectivity index (χ1v) is 6.01. The number of carbonyl (C=O) groups is 2. The molecule has 1 aliphatic carbocycles. The molecule has 1 saturated heterocycles. The molecule has 3 rings (SSSR count). The van der Waals surface area contributed by atoms with Gasteiger partial charge in [-0.3, -0.25) is 14.9 Å².